The van der Waals surface area contributed by atoms with Crippen LogP contribution in [0.2, 0.25) is 0 Å². The zero-order valence-electron chi connectivity index (χ0n) is 18.7. The molecule has 1 aliphatic rings. The van der Waals surface area contributed by atoms with Crippen LogP contribution in [0.15, 0.2) is 66.7 Å². The van der Waals surface area contributed by atoms with Gasteiger partial charge >= 0.3 is 0 Å². The highest BCUT2D eigenvalue weighted by atomic mass is 32.2. The van der Waals surface area contributed by atoms with Gasteiger partial charge in [0.05, 0.1) is 5.56 Å². The summed E-state index contributed by atoms with van der Waals surface area (Å²) in [6, 6.07) is 7.34. The Kier molecular flexibility index (Phi) is 7.91. The van der Waals surface area contributed by atoms with Crippen LogP contribution in [0.5, 0.6) is 0 Å². The van der Waals surface area contributed by atoms with Crippen LogP contribution in [-0.4, -0.2) is 63.8 Å². The topological polar surface area (TPSA) is 105 Å². The van der Waals surface area contributed by atoms with E-state index in [1.807, 2.05) is 23.1 Å². The summed E-state index contributed by atoms with van der Waals surface area (Å²) in [7, 11) is -3.44. The Balaban J connectivity index is 1.25. The lowest BCUT2D eigenvalue weighted by atomic mass is 10.2. The fourth-order valence-corrected chi connectivity index (χ4v) is 4.60. The van der Waals surface area contributed by atoms with Crippen molar-refractivity contribution in [1.29, 1.82) is 0 Å². The largest absolute Gasteiger partial charge is 0.338 e. The Morgan fingerprint density at radius 2 is 1.62 bits per heavy atom. The van der Waals surface area contributed by atoms with Crippen molar-refractivity contribution in [3.8, 4) is 11.8 Å². The first-order chi connectivity index (χ1) is 16.6. The molecule has 10 heteroatoms. The van der Waals surface area contributed by atoms with Crippen LogP contribution >= 0.6 is 0 Å². The molecule has 1 saturated heterocycles. The van der Waals surface area contributed by atoms with Crippen LogP contribution in [0.1, 0.15) is 29.9 Å². The number of sulfonamides is 1. The molecular weight excluding hydrogens is 450 g/mol. The van der Waals surface area contributed by atoms with E-state index in [1.54, 1.807) is 43.1 Å². The molecule has 0 unspecified atom stereocenters. The highest BCUT2D eigenvalue weighted by Gasteiger charge is 2.26. The second-order valence-electron chi connectivity index (χ2n) is 7.60. The second-order valence-corrected chi connectivity index (χ2v) is 9.42. The standard InChI is InChI=1S/C24H25N7O2S/c32-34(33,18-5-1-2-8-23-26-12-6-13-27-23)31-16-14-30(15-17-31)24-28-19-21(20-29-24)9-10-22-7-3-4-11-25-22/h3-7,11-13,18-20H,1-2,8,14-17H2. The molecule has 0 saturated carbocycles. The molecule has 0 amide bonds. The third-order valence-electron chi connectivity index (χ3n) is 5.18. The van der Waals surface area contributed by atoms with E-state index in [-0.39, 0.29) is 0 Å². The van der Waals surface area contributed by atoms with Crippen molar-refractivity contribution >= 4 is 16.0 Å². The van der Waals surface area contributed by atoms with Crippen LogP contribution < -0.4 is 4.90 Å². The predicted octanol–water partition coefficient (Wildman–Crippen LogP) is 2.05. The lowest BCUT2D eigenvalue weighted by Crippen LogP contribution is -2.48. The number of pyridine rings is 1. The Morgan fingerprint density at radius 3 is 2.32 bits per heavy atom. The third kappa shape index (κ3) is 6.66. The summed E-state index contributed by atoms with van der Waals surface area (Å²) < 4.78 is 26.8. The van der Waals surface area contributed by atoms with Gasteiger partial charge in [0.2, 0.25) is 16.0 Å². The summed E-state index contributed by atoms with van der Waals surface area (Å²) in [5.74, 6) is 7.31. The molecule has 9 nitrogen and oxygen atoms in total. The van der Waals surface area contributed by atoms with Gasteiger partial charge in [-0.3, -0.25) is 0 Å². The van der Waals surface area contributed by atoms with Crippen LogP contribution in [0, 0.1) is 11.8 Å². The van der Waals surface area contributed by atoms with Gasteiger partial charge in [0.1, 0.15) is 11.5 Å². The summed E-state index contributed by atoms with van der Waals surface area (Å²) in [5, 5.41) is 1.31. The maximum absolute atomic E-state index is 12.6. The molecule has 0 radical (unpaired) electrons. The summed E-state index contributed by atoms with van der Waals surface area (Å²) in [6.45, 7) is 1.82. The molecule has 1 aliphatic heterocycles. The molecule has 34 heavy (non-hydrogen) atoms. The van der Waals surface area contributed by atoms with Gasteiger partial charge in [0.25, 0.3) is 0 Å². The first kappa shape index (κ1) is 23.5. The molecule has 0 atom stereocenters. The van der Waals surface area contributed by atoms with Crippen molar-refractivity contribution in [3.63, 3.8) is 0 Å². The van der Waals surface area contributed by atoms with Crippen molar-refractivity contribution in [2.75, 3.05) is 31.1 Å². The molecule has 1 fully saturated rings. The molecule has 3 aromatic rings. The number of anilines is 1. The van der Waals surface area contributed by atoms with E-state index in [1.165, 1.54) is 9.71 Å². The Hall–Kier alpha value is -3.68. The van der Waals surface area contributed by atoms with Crippen molar-refractivity contribution < 1.29 is 8.42 Å². The lowest BCUT2D eigenvalue weighted by molar-refractivity contribution is 0.387. The molecule has 0 spiro atoms. The van der Waals surface area contributed by atoms with E-state index >= 15 is 0 Å². The minimum atomic E-state index is -3.44. The number of aryl methyl sites for hydroxylation is 1. The molecule has 0 bridgehead atoms. The lowest BCUT2D eigenvalue weighted by Gasteiger charge is -2.33. The van der Waals surface area contributed by atoms with Crippen molar-refractivity contribution in [3.05, 3.63) is 83.8 Å². The summed E-state index contributed by atoms with van der Waals surface area (Å²) in [4.78, 5) is 23.3. The number of piperazine rings is 1. The highest BCUT2D eigenvalue weighted by Crippen LogP contribution is 2.14. The molecule has 174 valence electrons. The molecule has 4 heterocycles. The number of hydrogen-bond acceptors (Lipinski definition) is 8. The fraction of sp³-hybridized carbons (Fsp3) is 0.292. The second kappa shape index (κ2) is 11.4. The van der Waals surface area contributed by atoms with Gasteiger partial charge in [0.15, 0.2) is 0 Å². The van der Waals surface area contributed by atoms with Gasteiger partial charge in [-0.1, -0.05) is 18.1 Å². The Labute approximate surface area is 199 Å². The summed E-state index contributed by atoms with van der Waals surface area (Å²) in [6.07, 6.45) is 12.3. The van der Waals surface area contributed by atoms with Crippen LogP contribution in [0.25, 0.3) is 0 Å². The van der Waals surface area contributed by atoms with E-state index < -0.39 is 10.0 Å². The molecule has 0 N–H and O–H groups in total. The number of hydrogen-bond donors (Lipinski definition) is 0. The van der Waals surface area contributed by atoms with E-state index in [2.05, 4.69) is 36.8 Å². The average Bonchev–Trinajstić information content (AvgIpc) is 2.89. The van der Waals surface area contributed by atoms with Crippen molar-refractivity contribution in [1.82, 2.24) is 29.2 Å². The van der Waals surface area contributed by atoms with E-state index in [0.717, 1.165) is 18.7 Å². The van der Waals surface area contributed by atoms with Gasteiger partial charge in [-0.25, -0.2) is 33.3 Å². The van der Waals surface area contributed by atoms with Crippen LogP contribution in [0.3, 0.4) is 0 Å². The molecule has 0 aromatic carbocycles. The van der Waals surface area contributed by atoms with Gasteiger partial charge in [0, 0.05) is 69.0 Å². The highest BCUT2D eigenvalue weighted by molar-refractivity contribution is 7.92. The number of aromatic nitrogens is 5. The minimum absolute atomic E-state index is 0.384. The SMILES string of the molecule is O=S(=O)(C=CCCCc1ncccn1)N1CCN(c2ncc(C#Cc3ccccn3)cn2)CC1. The van der Waals surface area contributed by atoms with Gasteiger partial charge in [-0.2, -0.15) is 4.31 Å². The van der Waals surface area contributed by atoms with Gasteiger partial charge < -0.3 is 4.90 Å². The van der Waals surface area contributed by atoms with E-state index in [9.17, 15) is 8.42 Å². The van der Waals surface area contributed by atoms with Gasteiger partial charge in [-0.15, -0.1) is 0 Å². The number of unbranched alkanes of at least 4 members (excludes halogenated alkanes) is 1. The first-order valence-corrected chi connectivity index (χ1v) is 12.5. The van der Waals surface area contributed by atoms with Crippen molar-refractivity contribution in [2.24, 2.45) is 0 Å². The molecule has 0 aliphatic carbocycles. The Morgan fingerprint density at radius 1 is 0.882 bits per heavy atom. The van der Waals surface area contributed by atoms with Crippen molar-refractivity contribution in [2.45, 2.75) is 19.3 Å². The molecular formula is C24H25N7O2S. The number of nitrogens with zero attached hydrogens (tertiary/aromatic N) is 7. The number of rotatable bonds is 7. The third-order valence-corrected chi connectivity index (χ3v) is 6.80. The molecule has 3 aromatic heterocycles. The minimum Gasteiger partial charge on any atom is -0.338 e. The maximum atomic E-state index is 12.6. The quantitative estimate of drug-likeness (QED) is 0.378. The van der Waals surface area contributed by atoms with Crippen LogP contribution in [0.4, 0.5) is 5.95 Å². The first-order valence-electron chi connectivity index (χ1n) is 11.0. The smallest absolute Gasteiger partial charge is 0.236 e. The number of allylic oxidation sites excluding steroid dienone is 1. The monoisotopic (exact) mass is 475 g/mol. The maximum Gasteiger partial charge on any atom is 0.236 e. The predicted molar refractivity (Wildman–Crippen MR) is 129 cm³/mol. The summed E-state index contributed by atoms with van der Waals surface area (Å²) in [5.41, 5.74) is 1.38. The Bertz CT molecular complexity index is 1250. The van der Waals surface area contributed by atoms with Crippen LogP contribution in [-0.2, 0) is 16.4 Å². The zero-order valence-corrected chi connectivity index (χ0v) is 19.5. The summed E-state index contributed by atoms with van der Waals surface area (Å²) >= 11 is 0. The van der Waals surface area contributed by atoms with Gasteiger partial charge in [-0.05, 0) is 37.0 Å². The zero-order chi connectivity index (χ0) is 23.6. The molecule has 4 rings (SSSR count). The van der Waals surface area contributed by atoms with E-state index in [0.29, 0.717) is 49.8 Å². The fourth-order valence-electron chi connectivity index (χ4n) is 3.38. The normalized spacial score (nSPS) is 14.6. The average molecular weight is 476 g/mol. The van der Waals surface area contributed by atoms with E-state index in [4.69, 9.17) is 0 Å².